The molecule has 1 aromatic carbocycles. The average Bonchev–Trinajstić information content (AvgIpc) is 3.42. The predicted molar refractivity (Wildman–Crippen MR) is 178 cm³/mol. The fourth-order valence-electron chi connectivity index (χ4n) is 6.70. The number of nitrogens with zero attached hydrogens (tertiary/aromatic N) is 2. The van der Waals surface area contributed by atoms with E-state index in [9.17, 15) is 14.4 Å². The van der Waals surface area contributed by atoms with Gasteiger partial charge in [0, 0.05) is 55.6 Å². The van der Waals surface area contributed by atoms with Crippen LogP contribution in [-0.2, 0) is 20.8 Å². The number of aromatic nitrogens is 1. The molecule has 0 unspecified atom stereocenters. The standard InChI is InChI=1S/C20H25N3O.C16H30O4/c1-4-23(5-2)20(24)14-9-16-15-7-6-8-17-19(15)13(11-21-17)10-18(16)22(3)12-14;17-15(18)13-11-9-7-5-3-1-2-4-6-8-10-12-14-16(19)20/h6-9,11,14,18,21H,4-5,10,12H2,1-3H3;1-14H2,(H,17,18)(H,19,20)/t14-,18-;/m1./s1. The number of carbonyl (C=O) groups is 3. The lowest BCUT2D eigenvalue weighted by atomic mass is 9.79. The normalized spacial score (nSPS) is 17.4. The first-order valence-corrected chi connectivity index (χ1v) is 17.0. The number of aliphatic carboxylic acids is 2. The van der Waals surface area contributed by atoms with Crippen molar-refractivity contribution in [3.8, 4) is 0 Å². The SMILES string of the molecule is CCN(CC)C(=O)[C@@H]1C=C2c3cccc4[nH]cc(c34)C[C@H]2N(C)C1.O=C(O)CCCCCCCCCCCCCCC(=O)O. The van der Waals surface area contributed by atoms with E-state index < -0.39 is 11.9 Å². The van der Waals surface area contributed by atoms with Crippen LogP contribution in [0.25, 0.3) is 16.5 Å². The summed E-state index contributed by atoms with van der Waals surface area (Å²) < 4.78 is 0. The molecular weight excluding hydrogens is 554 g/mol. The van der Waals surface area contributed by atoms with Gasteiger partial charge in [-0.25, -0.2) is 0 Å². The number of hydrogen-bond donors (Lipinski definition) is 3. The number of rotatable bonds is 18. The highest BCUT2D eigenvalue weighted by atomic mass is 16.4. The molecule has 0 spiro atoms. The molecule has 1 aliphatic carbocycles. The molecule has 0 saturated heterocycles. The van der Waals surface area contributed by atoms with E-state index in [4.69, 9.17) is 10.2 Å². The van der Waals surface area contributed by atoms with Gasteiger partial charge in [0.2, 0.25) is 5.91 Å². The maximum absolute atomic E-state index is 12.9. The van der Waals surface area contributed by atoms with Crippen molar-refractivity contribution in [3.63, 3.8) is 0 Å². The van der Waals surface area contributed by atoms with E-state index in [2.05, 4.69) is 61.3 Å². The van der Waals surface area contributed by atoms with Crippen LogP contribution in [0.4, 0.5) is 0 Å². The zero-order valence-corrected chi connectivity index (χ0v) is 27.3. The summed E-state index contributed by atoms with van der Waals surface area (Å²) in [4.78, 5) is 41.2. The van der Waals surface area contributed by atoms with Crippen molar-refractivity contribution < 1.29 is 24.6 Å². The molecule has 2 aliphatic rings. The van der Waals surface area contributed by atoms with Gasteiger partial charge in [-0.05, 0) is 62.9 Å². The Bertz CT molecular complexity index is 1210. The lowest BCUT2D eigenvalue weighted by Crippen LogP contribution is -2.47. The van der Waals surface area contributed by atoms with Crippen molar-refractivity contribution >= 4 is 34.3 Å². The Balaban J connectivity index is 0.000000246. The lowest BCUT2D eigenvalue weighted by molar-refractivity contribution is -0.138. The molecule has 1 aromatic heterocycles. The highest BCUT2D eigenvalue weighted by Crippen LogP contribution is 2.41. The van der Waals surface area contributed by atoms with Crippen molar-refractivity contribution in [2.75, 3.05) is 26.7 Å². The molecule has 3 N–H and O–H groups in total. The average molecular weight is 610 g/mol. The molecule has 0 fully saturated rings. The largest absolute Gasteiger partial charge is 0.481 e. The number of unbranched alkanes of at least 4 members (excludes halogenated alkanes) is 11. The Labute approximate surface area is 263 Å². The number of aromatic amines is 1. The van der Waals surface area contributed by atoms with Gasteiger partial charge in [-0.15, -0.1) is 0 Å². The maximum Gasteiger partial charge on any atom is 0.303 e. The quantitative estimate of drug-likeness (QED) is 0.151. The minimum atomic E-state index is -0.687. The van der Waals surface area contributed by atoms with Crippen LogP contribution in [0.5, 0.6) is 0 Å². The molecule has 2 aromatic rings. The molecule has 0 saturated carbocycles. The van der Waals surface area contributed by atoms with Gasteiger partial charge in [0.1, 0.15) is 0 Å². The predicted octanol–water partition coefficient (Wildman–Crippen LogP) is 7.52. The molecule has 244 valence electrons. The Morgan fingerprint density at radius 1 is 0.841 bits per heavy atom. The van der Waals surface area contributed by atoms with Gasteiger partial charge in [-0.2, -0.15) is 0 Å². The zero-order valence-electron chi connectivity index (χ0n) is 27.3. The number of benzene rings is 1. The number of carbonyl (C=O) groups excluding carboxylic acids is 1. The van der Waals surface area contributed by atoms with E-state index in [0.717, 1.165) is 64.6 Å². The number of carboxylic acids is 2. The van der Waals surface area contributed by atoms with E-state index in [1.165, 1.54) is 66.1 Å². The van der Waals surface area contributed by atoms with Gasteiger partial charge >= 0.3 is 11.9 Å². The Morgan fingerprint density at radius 2 is 1.36 bits per heavy atom. The monoisotopic (exact) mass is 609 g/mol. The highest BCUT2D eigenvalue weighted by Gasteiger charge is 2.36. The third-order valence-electron chi connectivity index (χ3n) is 9.19. The first-order valence-electron chi connectivity index (χ1n) is 17.0. The van der Waals surface area contributed by atoms with Crippen LogP contribution in [0.1, 0.15) is 115 Å². The molecule has 2 atom stereocenters. The van der Waals surface area contributed by atoms with Crippen LogP contribution < -0.4 is 0 Å². The summed E-state index contributed by atoms with van der Waals surface area (Å²) in [5.74, 6) is -1.16. The lowest BCUT2D eigenvalue weighted by Gasteiger charge is -2.40. The fraction of sp³-hybridized carbons (Fsp3) is 0.639. The summed E-state index contributed by atoms with van der Waals surface area (Å²) in [5, 5.41) is 18.3. The third kappa shape index (κ3) is 10.5. The Hall–Kier alpha value is -3.13. The summed E-state index contributed by atoms with van der Waals surface area (Å²) >= 11 is 0. The molecule has 8 nitrogen and oxygen atoms in total. The summed E-state index contributed by atoms with van der Waals surface area (Å²) in [5.41, 5.74) is 5.21. The van der Waals surface area contributed by atoms with Crippen LogP contribution in [0.3, 0.4) is 0 Å². The smallest absolute Gasteiger partial charge is 0.303 e. The van der Waals surface area contributed by atoms with E-state index >= 15 is 0 Å². The van der Waals surface area contributed by atoms with Crippen molar-refractivity contribution in [1.82, 2.24) is 14.8 Å². The van der Waals surface area contributed by atoms with Crippen molar-refractivity contribution in [1.29, 1.82) is 0 Å². The number of carboxylic acid groups (broad SMARTS) is 2. The summed E-state index contributed by atoms with van der Waals surface area (Å²) in [6.07, 6.45) is 19.5. The number of amides is 1. The number of likely N-dealkylation sites (N-methyl/N-ethyl adjacent to an activating group) is 1. The maximum atomic E-state index is 12.9. The van der Waals surface area contributed by atoms with Crippen LogP contribution >= 0.6 is 0 Å². The Kier molecular flexibility index (Phi) is 15.0. The van der Waals surface area contributed by atoms with Gasteiger partial charge in [-0.3, -0.25) is 19.3 Å². The van der Waals surface area contributed by atoms with Gasteiger partial charge in [0.25, 0.3) is 0 Å². The zero-order chi connectivity index (χ0) is 31.9. The highest BCUT2D eigenvalue weighted by molar-refractivity contribution is 5.99. The summed E-state index contributed by atoms with van der Waals surface area (Å²) in [7, 11) is 2.15. The van der Waals surface area contributed by atoms with Gasteiger partial charge in [0.05, 0.1) is 5.92 Å². The molecule has 0 bridgehead atoms. The summed E-state index contributed by atoms with van der Waals surface area (Å²) in [6.45, 7) is 6.47. The number of nitrogens with one attached hydrogen (secondary N) is 1. The van der Waals surface area contributed by atoms with Crippen molar-refractivity contribution in [2.45, 2.75) is 116 Å². The summed E-state index contributed by atoms with van der Waals surface area (Å²) in [6, 6.07) is 6.82. The minimum absolute atomic E-state index is 0.0445. The second kappa shape index (κ2) is 18.6. The third-order valence-corrected chi connectivity index (χ3v) is 9.19. The molecule has 8 heteroatoms. The van der Waals surface area contributed by atoms with Gasteiger partial charge in [0.15, 0.2) is 0 Å². The number of hydrogen-bond acceptors (Lipinski definition) is 4. The molecule has 0 radical (unpaired) electrons. The molecule has 2 heterocycles. The van der Waals surface area contributed by atoms with E-state index in [0.29, 0.717) is 18.9 Å². The second-order valence-corrected chi connectivity index (χ2v) is 12.5. The molecule has 1 aliphatic heterocycles. The Morgan fingerprint density at radius 3 is 1.86 bits per heavy atom. The second-order valence-electron chi connectivity index (χ2n) is 12.5. The first kappa shape index (κ1) is 35.4. The van der Waals surface area contributed by atoms with Crippen LogP contribution in [0.2, 0.25) is 0 Å². The van der Waals surface area contributed by atoms with Gasteiger partial charge < -0.3 is 20.1 Å². The van der Waals surface area contributed by atoms with Crippen molar-refractivity contribution in [3.05, 3.63) is 41.6 Å². The first-order chi connectivity index (χ1) is 21.3. The minimum Gasteiger partial charge on any atom is -0.481 e. The van der Waals surface area contributed by atoms with Crippen LogP contribution in [0, 0.1) is 5.92 Å². The van der Waals surface area contributed by atoms with Gasteiger partial charge in [-0.1, -0.05) is 82.4 Å². The fourth-order valence-corrected chi connectivity index (χ4v) is 6.70. The van der Waals surface area contributed by atoms with Crippen LogP contribution in [-0.4, -0.2) is 75.6 Å². The van der Waals surface area contributed by atoms with E-state index in [1.807, 2.05) is 4.90 Å². The molecule has 4 rings (SSSR count). The number of H-pyrrole nitrogens is 1. The molecule has 44 heavy (non-hydrogen) atoms. The number of fused-ring (bicyclic) bond motifs is 2. The van der Waals surface area contributed by atoms with E-state index in [1.54, 1.807) is 0 Å². The molecule has 1 amide bonds. The molecular formula is C36H55N3O5. The topological polar surface area (TPSA) is 114 Å². The van der Waals surface area contributed by atoms with Crippen molar-refractivity contribution in [2.24, 2.45) is 5.92 Å². The van der Waals surface area contributed by atoms with Crippen LogP contribution in [0.15, 0.2) is 30.5 Å². The van der Waals surface area contributed by atoms with E-state index in [-0.39, 0.29) is 11.8 Å².